The zero-order chi connectivity index (χ0) is 15.6. The average Bonchev–Trinajstić information content (AvgIpc) is 2.88. The summed E-state index contributed by atoms with van der Waals surface area (Å²) in [5, 5.41) is 10.7. The Labute approximate surface area is 130 Å². The lowest BCUT2D eigenvalue weighted by atomic mass is 10.4. The molecule has 0 amide bonds. The fourth-order valence-corrected chi connectivity index (χ4v) is 4.20. The maximum absolute atomic E-state index is 12.2. The van der Waals surface area contributed by atoms with Gasteiger partial charge in [0.2, 0.25) is 10.0 Å². The van der Waals surface area contributed by atoms with Gasteiger partial charge in [-0.2, -0.15) is 0 Å². The Bertz CT molecular complexity index is 773. The van der Waals surface area contributed by atoms with Gasteiger partial charge in [0.05, 0.1) is 11.1 Å². The van der Waals surface area contributed by atoms with Crippen LogP contribution in [0.3, 0.4) is 0 Å². The lowest BCUT2D eigenvalue weighted by Crippen LogP contribution is -2.27. The summed E-state index contributed by atoms with van der Waals surface area (Å²) in [5.41, 5.74) is -0.112. The van der Waals surface area contributed by atoms with Gasteiger partial charge in [0.15, 0.2) is 5.69 Å². The normalized spacial score (nSPS) is 13.0. The second-order valence-electron chi connectivity index (χ2n) is 4.15. The molecule has 0 aliphatic rings. The fourth-order valence-electron chi connectivity index (χ4n) is 1.59. The molecule has 6 nitrogen and oxygen atoms in total. The number of carbonyl (C=O) groups is 1. The van der Waals surface area contributed by atoms with Gasteiger partial charge in [0.25, 0.3) is 0 Å². The number of aromatic carboxylic acids is 1. The highest BCUT2D eigenvalue weighted by Crippen LogP contribution is 2.24. The first-order valence-electron chi connectivity index (χ1n) is 5.77. The van der Waals surface area contributed by atoms with Gasteiger partial charge in [0, 0.05) is 5.38 Å². The minimum atomic E-state index is -3.81. The van der Waals surface area contributed by atoms with Gasteiger partial charge >= 0.3 is 5.97 Å². The van der Waals surface area contributed by atoms with Gasteiger partial charge in [-0.1, -0.05) is 23.7 Å². The average molecular weight is 347 g/mol. The van der Waals surface area contributed by atoms with Gasteiger partial charge < -0.3 is 5.11 Å². The van der Waals surface area contributed by atoms with E-state index in [2.05, 4.69) is 9.71 Å². The van der Waals surface area contributed by atoms with Crippen molar-refractivity contribution < 1.29 is 18.3 Å². The van der Waals surface area contributed by atoms with Crippen LogP contribution < -0.4 is 4.72 Å². The van der Waals surface area contributed by atoms with E-state index in [1.165, 1.54) is 17.5 Å². The van der Waals surface area contributed by atoms with Gasteiger partial charge in [-0.3, -0.25) is 0 Å². The number of carboxylic acid groups (broad SMARTS) is 1. The summed E-state index contributed by atoms with van der Waals surface area (Å²) >= 11 is 6.95. The molecular formula is C12H11ClN2O4S2. The Balaban J connectivity index is 2.24. The summed E-state index contributed by atoms with van der Waals surface area (Å²) in [7, 11) is -3.81. The van der Waals surface area contributed by atoms with E-state index in [9.17, 15) is 13.2 Å². The molecule has 2 rings (SSSR count). The van der Waals surface area contributed by atoms with Crippen LogP contribution in [0.1, 0.15) is 28.5 Å². The number of aromatic nitrogens is 1. The molecule has 0 bridgehead atoms. The summed E-state index contributed by atoms with van der Waals surface area (Å²) in [6.07, 6.45) is 0. The Morgan fingerprint density at radius 2 is 2.10 bits per heavy atom. The summed E-state index contributed by atoms with van der Waals surface area (Å²) in [4.78, 5) is 14.6. The molecule has 1 heterocycles. The van der Waals surface area contributed by atoms with Crippen molar-refractivity contribution in [3.05, 3.63) is 45.4 Å². The second kappa shape index (κ2) is 6.10. The number of hydrogen-bond acceptors (Lipinski definition) is 5. The van der Waals surface area contributed by atoms with E-state index < -0.39 is 22.0 Å². The molecule has 1 atom stereocenters. The number of nitrogens with zero attached hydrogens (tertiary/aromatic N) is 1. The molecule has 9 heteroatoms. The van der Waals surface area contributed by atoms with Crippen molar-refractivity contribution in [2.75, 3.05) is 0 Å². The van der Waals surface area contributed by atoms with Crippen LogP contribution in [-0.2, 0) is 10.0 Å². The summed E-state index contributed by atoms with van der Waals surface area (Å²) < 4.78 is 26.9. The molecule has 1 aromatic carbocycles. The van der Waals surface area contributed by atoms with E-state index >= 15 is 0 Å². The van der Waals surface area contributed by atoms with Crippen LogP contribution in [0.2, 0.25) is 5.02 Å². The molecule has 0 saturated heterocycles. The number of sulfonamides is 1. The predicted molar refractivity (Wildman–Crippen MR) is 79.3 cm³/mol. The van der Waals surface area contributed by atoms with Crippen molar-refractivity contribution in [1.29, 1.82) is 0 Å². The van der Waals surface area contributed by atoms with Crippen LogP contribution in [0.15, 0.2) is 34.5 Å². The molecule has 0 spiro atoms. The lowest BCUT2D eigenvalue weighted by molar-refractivity contribution is 0.0691. The van der Waals surface area contributed by atoms with E-state index in [-0.39, 0.29) is 15.6 Å². The smallest absolute Gasteiger partial charge is 0.355 e. The van der Waals surface area contributed by atoms with E-state index in [0.717, 1.165) is 11.3 Å². The monoisotopic (exact) mass is 346 g/mol. The quantitative estimate of drug-likeness (QED) is 0.867. The zero-order valence-corrected chi connectivity index (χ0v) is 13.2. The molecule has 0 aliphatic heterocycles. The van der Waals surface area contributed by atoms with Crippen LogP contribution in [0.4, 0.5) is 0 Å². The van der Waals surface area contributed by atoms with Crippen LogP contribution in [0.5, 0.6) is 0 Å². The van der Waals surface area contributed by atoms with Crippen molar-refractivity contribution >= 4 is 38.9 Å². The molecule has 1 unspecified atom stereocenters. The first-order chi connectivity index (χ1) is 9.81. The molecule has 1 aromatic heterocycles. The first kappa shape index (κ1) is 15.9. The fraction of sp³-hybridized carbons (Fsp3) is 0.167. The maximum atomic E-state index is 12.2. The Hall–Kier alpha value is -1.48. The Kier molecular flexibility index (Phi) is 4.62. The number of hydrogen-bond donors (Lipinski definition) is 2. The minimum Gasteiger partial charge on any atom is -0.476 e. The summed E-state index contributed by atoms with van der Waals surface area (Å²) in [6, 6.07) is 5.40. The highest BCUT2D eigenvalue weighted by atomic mass is 35.5. The molecule has 0 saturated carbocycles. The number of thiazole rings is 1. The maximum Gasteiger partial charge on any atom is 0.355 e. The molecule has 0 radical (unpaired) electrons. The van der Waals surface area contributed by atoms with Crippen molar-refractivity contribution in [3.63, 3.8) is 0 Å². The number of halogens is 1. The Morgan fingerprint density at radius 1 is 1.43 bits per heavy atom. The van der Waals surface area contributed by atoms with Crippen molar-refractivity contribution in [2.45, 2.75) is 17.9 Å². The molecule has 112 valence electrons. The van der Waals surface area contributed by atoms with Crippen molar-refractivity contribution in [1.82, 2.24) is 9.71 Å². The molecule has 2 aromatic rings. The number of carboxylic acids is 1. The standard InChI is InChI=1S/C12H11ClN2O4S2/c1-7(11-14-9(6-20-11)12(16)17)15-21(18,19)10-5-3-2-4-8(10)13/h2-7,15H,1H3,(H,16,17). The number of nitrogens with one attached hydrogen (secondary N) is 1. The van der Waals surface area contributed by atoms with Gasteiger partial charge in [-0.05, 0) is 19.1 Å². The van der Waals surface area contributed by atoms with Crippen LogP contribution in [0, 0.1) is 0 Å². The predicted octanol–water partition coefficient (Wildman–Crippen LogP) is 2.53. The zero-order valence-electron chi connectivity index (χ0n) is 10.8. The first-order valence-corrected chi connectivity index (χ1v) is 8.51. The minimum absolute atomic E-state index is 0.0338. The van der Waals surface area contributed by atoms with Crippen molar-refractivity contribution in [3.8, 4) is 0 Å². The molecule has 0 fully saturated rings. The van der Waals surface area contributed by atoms with Crippen LogP contribution in [0.25, 0.3) is 0 Å². The summed E-state index contributed by atoms with van der Waals surface area (Å²) in [5.74, 6) is -1.15. The van der Waals surface area contributed by atoms with Crippen LogP contribution in [-0.4, -0.2) is 24.5 Å². The third-order valence-corrected chi connectivity index (χ3v) is 5.64. The molecule has 2 N–H and O–H groups in total. The lowest BCUT2D eigenvalue weighted by Gasteiger charge is -2.12. The molecule has 21 heavy (non-hydrogen) atoms. The molecular weight excluding hydrogens is 336 g/mol. The second-order valence-corrected chi connectivity index (χ2v) is 7.13. The third kappa shape index (κ3) is 3.59. The van der Waals surface area contributed by atoms with Gasteiger partial charge in [-0.15, -0.1) is 11.3 Å². The van der Waals surface area contributed by atoms with E-state index in [1.54, 1.807) is 19.1 Å². The molecule has 0 aliphatic carbocycles. The van der Waals surface area contributed by atoms with Crippen LogP contribution >= 0.6 is 22.9 Å². The highest BCUT2D eigenvalue weighted by molar-refractivity contribution is 7.89. The van der Waals surface area contributed by atoms with E-state index in [4.69, 9.17) is 16.7 Å². The third-order valence-electron chi connectivity index (χ3n) is 2.57. The highest BCUT2D eigenvalue weighted by Gasteiger charge is 2.23. The van der Waals surface area contributed by atoms with Gasteiger partial charge in [0.1, 0.15) is 9.90 Å². The number of rotatable bonds is 5. The topological polar surface area (TPSA) is 96.4 Å². The largest absolute Gasteiger partial charge is 0.476 e. The Morgan fingerprint density at radius 3 is 2.67 bits per heavy atom. The van der Waals surface area contributed by atoms with E-state index in [1.807, 2.05) is 0 Å². The SMILES string of the molecule is CC(NS(=O)(=O)c1ccccc1Cl)c1nc(C(=O)O)cs1. The number of benzene rings is 1. The van der Waals surface area contributed by atoms with Crippen molar-refractivity contribution in [2.24, 2.45) is 0 Å². The van der Waals surface area contributed by atoms with E-state index in [0.29, 0.717) is 5.01 Å². The summed E-state index contributed by atoms with van der Waals surface area (Å²) in [6.45, 7) is 1.58. The van der Waals surface area contributed by atoms with Gasteiger partial charge in [-0.25, -0.2) is 22.9 Å².